The van der Waals surface area contributed by atoms with E-state index < -0.39 is 0 Å². The zero-order valence-electron chi connectivity index (χ0n) is 29.4. The lowest BCUT2D eigenvalue weighted by molar-refractivity contribution is 0.336. The number of anilines is 4. The molecule has 4 aromatic carbocycles. The molecule has 0 atom stereocenters. The molecule has 0 saturated carbocycles. The smallest absolute Gasteiger partial charge is 0.158 e. The van der Waals surface area contributed by atoms with Crippen molar-refractivity contribution in [2.75, 3.05) is 78.8 Å². The Morgan fingerprint density at radius 1 is 0.451 bits per heavy atom. The van der Waals surface area contributed by atoms with Crippen molar-refractivity contribution in [3.63, 3.8) is 0 Å². The van der Waals surface area contributed by atoms with Crippen molar-refractivity contribution in [1.29, 1.82) is 0 Å². The van der Waals surface area contributed by atoms with Gasteiger partial charge in [0.15, 0.2) is 5.75 Å². The van der Waals surface area contributed by atoms with Crippen molar-refractivity contribution in [2.45, 2.75) is 13.8 Å². The van der Waals surface area contributed by atoms with E-state index in [9.17, 15) is 0 Å². The van der Waals surface area contributed by atoms with Gasteiger partial charge in [-0.1, -0.05) is 23.2 Å². The Labute approximate surface area is 350 Å². The molecule has 0 radical (unpaired) electrons. The number of methoxy groups -OCH3 is 6. The number of hydrogen-bond acceptors (Lipinski definition) is 12. The Bertz CT molecular complexity index is 1610. The van der Waals surface area contributed by atoms with Crippen molar-refractivity contribution in [2.24, 2.45) is 0 Å². The molecule has 0 saturated heterocycles. The van der Waals surface area contributed by atoms with E-state index >= 15 is 0 Å². The molecule has 17 heteroatoms. The molecule has 0 aliphatic rings. The summed E-state index contributed by atoms with van der Waals surface area (Å²) >= 11 is 18.2. The summed E-state index contributed by atoms with van der Waals surface area (Å²) < 4.78 is 44.0. The van der Waals surface area contributed by atoms with Gasteiger partial charge in [0.1, 0.15) is 43.8 Å². The Hall–Kier alpha value is -2.75. The molecule has 0 aliphatic carbocycles. The summed E-state index contributed by atoms with van der Waals surface area (Å²) in [5.41, 5.74) is 25.0. The highest BCUT2D eigenvalue weighted by molar-refractivity contribution is 14.1. The minimum atomic E-state index is 0.489. The van der Waals surface area contributed by atoms with Crippen LogP contribution in [0.1, 0.15) is 13.8 Å². The molecule has 0 aromatic heterocycles. The highest BCUT2D eigenvalue weighted by Gasteiger charge is 2.14. The minimum absolute atomic E-state index is 0.489. The van der Waals surface area contributed by atoms with Crippen LogP contribution in [0.25, 0.3) is 0 Å². The van der Waals surface area contributed by atoms with Crippen LogP contribution in [-0.2, 0) is 0 Å². The molecule has 0 unspecified atom stereocenters. The average molecular weight is 1090 g/mol. The van der Waals surface area contributed by atoms with Crippen LogP contribution in [0.15, 0.2) is 42.5 Å². The summed E-state index contributed by atoms with van der Waals surface area (Å²) in [6.45, 7) is 4.90. The predicted octanol–water partition coefficient (Wildman–Crippen LogP) is 9.04. The van der Waals surface area contributed by atoms with Crippen LogP contribution in [-0.4, -0.2) is 55.9 Å². The van der Waals surface area contributed by atoms with E-state index in [1.807, 2.05) is 26.0 Å². The van der Waals surface area contributed by atoms with Gasteiger partial charge in [-0.2, -0.15) is 0 Å². The van der Waals surface area contributed by atoms with E-state index in [2.05, 4.69) is 67.8 Å². The third-order valence-corrected chi connectivity index (χ3v) is 9.46. The molecule has 0 aliphatic heterocycles. The van der Waals surface area contributed by atoms with Crippen LogP contribution in [0.2, 0.25) is 10.0 Å². The lowest BCUT2D eigenvalue weighted by atomic mass is 10.3. The van der Waals surface area contributed by atoms with Crippen LogP contribution >= 0.6 is 91.0 Å². The summed E-state index contributed by atoms with van der Waals surface area (Å²) in [6, 6.07) is 12.0. The first-order valence-corrected chi connectivity index (χ1v) is 18.7. The third kappa shape index (κ3) is 14.0. The molecule has 0 bridgehead atoms. The van der Waals surface area contributed by atoms with Gasteiger partial charge >= 0.3 is 0 Å². The van der Waals surface area contributed by atoms with Crippen molar-refractivity contribution in [3.05, 3.63) is 63.2 Å². The van der Waals surface area contributed by atoms with E-state index in [1.54, 1.807) is 73.0 Å². The molecule has 4 aromatic rings. The zero-order valence-corrected chi connectivity index (χ0v) is 37.4. The molecule has 12 nitrogen and oxygen atoms in total. The predicted molar refractivity (Wildman–Crippen MR) is 233 cm³/mol. The van der Waals surface area contributed by atoms with Crippen molar-refractivity contribution < 1.29 is 37.9 Å². The standard InChI is InChI=1S/2C9H12ClNO2.C8H9I2NO2.C8H10INO2/c1-3-13-8-5-9(12-2)7(11)4-6(8)10;1-3-13-9-5-8(12-2)6(10)4-7(9)11;1-12-7-4(9)3-5(11)8(13-2)6(7)10;1-11-7-4-8(12-2)6(10)3-5(7)9/h2*4-5H,3,11H2,1-2H3;3H,11H2,1-2H3;3-4H,10H2,1-2H3. The van der Waals surface area contributed by atoms with Crippen molar-refractivity contribution in [3.8, 4) is 46.0 Å². The van der Waals surface area contributed by atoms with Gasteiger partial charge in [0, 0.05) is 18.2 Å². The molecule has 0 amide bonds. The van der Waals surface area contributed by atoms with Gasteiger partial charge in [0.05, 0.1) is 95.8 Å². The summed E-state index contributed by atoms with van der Waals surface area (Å²) in [5, 5.41) is 0.989. The van der Waals surface area contributed by atoms with Gasteiger partial charge in [-0.3, -0.25) is 0 Å². The molecule has 0 heterocycles. The van der Waals surface area contributed by atoms with Gasteiger partial charge in [-0.15, -0.1) is 0 Å². The van der Waals surface area contributed by atoms with Gasteiger partial charge < -0.3 is 60.8 Å². The SMILES string of the molecule is CCOc1cc(OC)c(Cl)cc1N.CCOc1cc(OC)c(N)cc1Cl.COc1c(N)cc(I)c(OC)c1I.COc1cc(OC)c(I)cc1N. The zero-order chi connectivity index (χ0) is 38.8. The van der Waals surface area contributed by atoms with Crippen molar-refractivity contribution in [1.82, 2.24) is 0 Å². The first-order valence-electron chi connectivity index (χ1n) is 14.7. The molecule has 8 N–H and O–H groups in total. The molecule has 0 fully saturated rings. The second kappa shape index (κ2) is 23.7. The Kier molecular flexibility index (Phi) is 21.5. The maximum atomic E-state index is 5.88. The number of rotatable bonds is 10. The highest BCUT2D eigenvalue weighted by Crippen LogP contribution is 2.39. The highest BCUT2D eigenvalue weighted by atomic mass is 127. The van der Waals surface area contributed by atoms with Gasteiger partial charge in [0.25, 0.3) is 0 Å². The molecule has 4 rings (SSSR count). The van der Waals surface area contributed by atoms with Crippen LogP contribution < -0.4 is 60.8 Å². The summed E-state index contributed by atoms with van der Waals surface area (Å²) in [6.07, 6.45) is 0. The fourth-order valence-corrected chi connectivity index (χ4v) is 7.43. The summed E-state index contributed by atoms with van der Waals surface area (Å²) in [5.74, 6) is 5.25. The lowest BCUT2D eigenvalue weighted by Crippen LogP contribution is -1.99. The number of nitrogen functional groups attached to an aromatic ring is 4. The summed E-state index contributed by atoms with van der Waals surface area (Å²) in [7, 11) is 9.53. The quantitative estimate of drug-likeness (QED) is 0.0877. The summed E-state index contributed by atoms with van der Waals surface area (Å²) in [4.78, 5) is 0. The van der Waals surface area contributed by atoms with Gasteiger partial charge in [-0.05, 0) is 106 Å². The Morgan fingerprint density at radius 2 is 0.843 bits per heavy atom. The topological polar surface area (TPSA) is 178 Å². The van der Waals surface area contributed by atoms with E-state index in [-0.39, 0.29) is 0 Å². The number of hydrogen-bond donors (Lipinski definition) is 4. The largest absolute Gasteiger partial charge is 0.496 e. The van der Waals surface area contributed by atoms with Crippen molar-refractivity contribution >= 4 is 114 Å². The minimum Gasteiger partial charge on any atom is -0.496 e. The lowest BCUT2D eigenvalue weighted by Gasteiger charge is -2.12. The van der Waals surface area contributed by atoms with Crippen LogP contribution in [0, 0.1) is 10.7 Å². The Balaban J connectivity index is 0.000000340. The number of halogens is 5. The van der Waals surface area contributed by atoms with Crippen LogP contribution in [0.3, 0.4) is 0 Å². The molecular weight excluding hydrogens is 1040 g/mol. The monoisotopic (exact) mass is 1090 g/mol. The second-order valence-corrected chi connectivity index (χ2v) is 13.7. The molecular formula is C34H43Cl2I3N4O8. The second-order valence-electron chi connectivity index (χ2n) is 9.47. The van der Waals surface area contributed by atoms with E-state index in [0.717, 1.165) is 22.2 Å². The fourth-order valence-electron chi connectivity index (χ4n) is 3.86. The normalized spacial score (nSPS) is 9.75. The van der Waals surface area contributed by atoms with E-state index in [1.165, 1.54) is 0 Å². The molecule has 0 spiro atoms. The van der Waals surface area contributed by atoms with Gasteiger partial charge in [0.2, 0.25) is 0 Å². The number of benzene rings is 4. The van der Waals surface area contributed by atoms with Crippen LogP contribution in [0.4, 0.5) is 22.7 Å². The Morgan fingerprint density at radius 3 is 1.31 bits per heavy atom. The average Bonchev–Trinajstić information content (AvgIpc) is 3.08. The molecule has 51 heavy (non-hydrogen) atoms. The first kappa shape index (κ1) is 46.3. The maximum absolute atomic E-state index is 5.88. The third-order valence-electron chi connectivity index (χ3n) is 6.24. The van der Waals surface area contributed by atoms with Crippen LogP contribution in [0.5, 0.6) is 46.0 Å². The first-order chi connectivity index (χ1) is 24.2. The fraction of sp³-hybridized carbons (Fsp3) is 0.294. The van der Waals surface area contributed by atoms with Gasteiger partial charge in [-0.25, -0.2) is 0 Å². The number of nitrogens with two attached hydrogens (primary N) is 4. The maximum Gasteiger partial charge on any atom is 0.158 e. The van der Waals surface area contributed by atoms with E-state index in [0.29, 0.717) is 80.5 Å². The molecule has 282 valence electrons. The number of ether oxygens (including phenoxy) is 8. The van der Waals surface area contributed by atoms with E-state index in [4.69, 9.17) is 84.0 Å².